The normalized spacial score (nSPS) is 27.2. The van der Waals surface area contributed by atoms with Gasteiger partial charge in [0.15, 0.2) is 4.96 Å². The number of rotatable bonds is 5. The Morgan fingerprint density at radius 2 is 2.30 bits per heavy atom. The lowest BCUT2D eigenvalue weighted by atomic mass is 9.73. The number of fused-ring (bicyclic) bond motifs is 1. The average molecular weight is 291 g/mol. The largest absolute Gasteiger partial charge is 0.317 e. The molecule has 2 heterocycles. The number of hydrogen-bond acceptors (Lipinski definition) is 3. The van der Waals surface area contributed by atoms with Crippen LogP contribution in [0.25, 0.3) is 4.96 Å². The predicted molar refractivity (Wildman–Crippen MR) is 85.3 cm³/mol. The molecule has 0 radical (unpaired) electrons. The molecule has 1 aliphatic carbocycles. The van der Waals surface area contributed by atoms with Gasteiger partial charge in [-0.1, -0.05) is 20.3 Å². The molecule has 3 atom stereocenters. The number of nitrogens with zero attached hydrogens (tertiary/aromatic N) is 2. The van der Waals surface area contributed by atoms with Crippen LogP contribution < -0.4 is 5.32 Å². The Balaban J connectivity index is 1.69. The van der Waals surface area contributed by atoms with Gasteiger partial charge in [0, 0.05) is 17.8 Å². The van der Waals surface area contributed by atoms with Crippen LogP contribution in [0.3, 0.4) is 0 Å². The van der Waals surface area contributed by atoms with Crippen molar-refractivity contribution in [2.75, 3.05) is 13.1 Å². The summed E-state index contributed by atoms with van der Waals surface area (Å²) in [6.45, 7) is 6.86. The van der Waals surface area contributed by atoms with E-state index in [1.165, 1.54) is 31.5 Å². The number of thiazole rings is 1. The summed E-state index contributed by atoms with van der Waals surface area (Å²) in [5.41, 5.74) is 1.28. The highest BCUT2D eigenvalue weighted by Crippen LogP contribution is 2.35. The van der Waals surface area contributed by atoms with E-state index < -0.39 is 0 Å². The molecule has 2 aromatic heterocycles. The Morgan fingerprint density at radius 3 is 3.10 bits per heavy atom. The molecule has 1 fully saturated rings. The van der Waals surface area contributed by atoms with Crippen molar-refractivity contribution in [2.45, 2.75) is 39.5 Å². The van der Waals surface area contributed by atoms with Gasteiger partial charge in [-0.25, -0.2) is 4.98 Å². The molecular weight excluding hydrogens is 266 g/mol. The quantitative estimate of drug-likeness (QED) is 0.912. The Bertz CT molecular complexity index is 514. The number of aromatic nitrogens is 2. The van der Waals surface area contributed by atoms with E-state index in [0.29, 0.717) is 0 Å². The monoisotopic (exact) mass is 291 g/mol. The van der Waals surface area contributed by atoms with Gasteiger partial charge in [0.2, 0.25) is 0 Å². The van der Waals surface area contributed by atoms with Crippen molar-refractivity contribution in [3.63, 3.8) is 0 Å². The molecule has 0 aromatic carbocycles. The molecule has 110 valence electrons. The van der Waals surface area contributed by atoms with Crippen LogP contribution in [-0.2, 0) is 6.42 Å². The highest BCUT2D eigenvalue weighted by atomic mass is 32.1. The molecule has 0 saturated heterocycles. The van der Waals surface area contributed by atoms with Crippen LogP contribution >= 0.6 is 11.3 Å². The second kappa shape index (κ2) is 6.27. The zero-order valence-electron chi connectivity index (χ0n) is 12.5. The van der Waals surface area contributed by atoms with E-state index >= 15 is 0 Å². The van der Waals surface area contributed by atoms with Crippen LogP contribution in [0.5, 0.6) is 0 Å². The molecule has 0 spiro atoms. The summed E-state index contributed by atoms with van der Waals surface area (Å²) >= 11 is 1.72. The van der Waals surface area contributed by atoms with Crippen molar-refractivity contribution < 1.29 is 0 Å². The smallest absolute Gasteiger partial charge is 0.193 e. The van der Waals surface area contributed by atoms with Gasteiger partial charge < -0.3 is 5.32 Å². The zero-order chi connectivity index (χ0) is 13.9. The van der Waals surface area contributed by atoms with Crippen molar-refractivity contribution in [3.05, 3.63) is 23.5 Å². The van der Waals surface area contributed by atoms with Crippen LogP contribution in [-0.4, -0.2) is 22.5 Å². The minimum atomic E-state index is 0.794. The molecule has 1 aliphatic rings. The third kappa shape index (κ3) is 3.07. The summed E-state index contributed by atoms with van der Waals surface area (Å²) in [5, 5.41) is 5.65. The second-order valence-electron chi connectivity index (χ2n) is 6.28. The fraction of sp³-hybridized carbons (Fsp3) is 0.688. The van der Waals surface area contributed by atoms with Crippen LogP contribution in [0.15, 0.2) is 17.8 Å². The van der Waals surface area contributed by atoms with Crippen molar-refractivity contribution in [1.82, 2.24) is 14.7 Å². The third-order valence-electron chi connectivity index (χ3n) is 4.67. The predicted octanol–water partition coefficient (Wildman–Crippen LogP) is 3.60. The maximum atomic E-state index is 4.77. The van der Waals surface area contributed by atoms with Gasteiger partial charge in [-0.05, 0) is 50.1 Å². The third-order valence-corrected chi connectivity index (χ3v) is 5.44. The van der Waals surface area contributed by atoms with Gasteiger partial charge in [0.25, 0.3) is 0 Å². The molecule has 3 unspecified atom stereocenters. The van der Waals surface area contributed by atoms with Crippen LogP contribution in [0.2, 0.25) is 0 Å². The highest BCUT2D eigenvalue weighted by Gasteiger charge is 2.29. The molecular formula is C16H25N3S. The lowest BCUT2D eigenvalue weighted by Crippen LogP contribution is -2.33. The molecule has 3 nitrogen and oxygen atoms in total. The van der Waals surface area contributed by atoms with E-state index in [2.05, 4.69) is 41.3 Å². The topological polar surface area (TPSA) is 29.3 Å². The fourth-order valence-electron chi connectivity index (χ4n) is 3.55. The van der Waals surface area contributed by atoms with E-state index in [1.54, 1.807) is 11.3 Å². The first-order chi connectivity index (χ1) is 9.76. The van der Waals surface area contributed by atoms with Crippen LogP contribution in [0.1, 0.15) is 38.8 Å². The zero-order valence-corrected chi connectivity index (χ0v) is 13.3. The first kappa shape index (κ1) is 14.1. The first-order valence-corrected chi connectivity index (χ1v) is 8.76. The van der Waals surface area contributed by atoms with Crippen molar-refractivity contribution in [2.24, 2.45) is 17.8 Å². The summed E-state index contributed by atoms with van der Waals surface area (Å²) in [6, 6.07) is 0. The van der Waals surface area contributed by atoms with Gasteiger partial charge in [0.1, 0.15) is 0 Å². The average Bonchev–Trinajstić information content (AvgIpc) is 2.99. The van der Waals surface area contributed by atoms with Crippen molar-refractivity contribution in [1.29, 1.82) is 0 Å². The Labute approximate surface area is 125 Å². The summed E-state index contributed by atoms with van der Waals surface area (Å²) in [6.07, 6.45) is 9.60. The van der Waals surface area contributed by atoms with Crippen LogP contribution in [0, 0.1) is 17.8 Å². The maximum absolute atomic E-state index is 4.77. The maximum Gasteiger partial charge on any atom is 0.193 e. The molecule has 0 bridgehead atoms. The van der Waals surface area contributed by atoms with Gasteiger partial charge in [0.05, 0.1) is 5.69 Å². The first-order valence-electron chi connectivity index (χ1n) is 7.88. The number of imidazole rings is 1. The van der Waals surface area contributed by atoms with Crippen molar-refractivity contribution >= 4 is 16.3 Å². The molecule has 0 amide bonds. The molecule has 4 heteroatoms. The standard InChI is InChI=1S/C16H25N3S/c1-3-17-10-13-5-4-12(2)8-14(13)9-15-11-19-6-7-20-16(19)18-15/h6-7,11-14,17H,3-5,8-10H2,1-2H3. The molecule has 20 heavy (non-hydrogen) atoms. The van der Waals surface area contributed by atoms with E-state index in [0.717, 1.165) is 35.7 Å². The Kier molecular flexibility index (Phi) is 4.41. The molecule has 1 saturated carbocycles. The van der Waals surface area contributed by atoms with Gasteiger partial charge in [-0.2, -0.15) is 0 Å². The SMILES string of the molecule is CCNCC1CCC(C)CC1Cc1cn2ccsc2n1. The van der Waals surface area contributed by atoms with Gasteiger partial charge >= 0.3 is 0 Å². The summed E-state index contributed by atoms with van der Waals surface area (Å²) in [4.78, 5) is 5.90. The molecule has 1 N–H and O–H groups in total. The summed E-state index contributed by atoms with van der Waals surface area (Å²) in [7, 11) is 0. The highest BCUT2D eigenvalue weighted by molar-refractivity contribution is 7.15. The van der Waals surface area contributed by atoms with E-state index in [9.17, 15) is 0 Å². The van der Waals surface area contributed by atoms with Crippen LogP contribution in [0.4, 0.5) is 0 Å². The fourth-order valence-corrected chi connectivity index (χ4v) is 4.27. The molecule has 0 aliphatic heterocycles. The van der Waals surface area contributed by atoms with Crippen molar-refractivity contribution in [3.8, 4) is 0 Å². The lowest BCUT2D eigenvalue weighted by Gasteiger charge is -2.34. The minimum absolute atomic E-state index is 0.794. The summed E-state index contributed by atoms with van der Waals surface area (Å²) in [5.74, 6) is 2.50. The van der Waals surface area contributed by atoms with Gasteiger partial charge in [-0.3, -0.25) is 4.40 Å². The molecule has 3 rings (SSSR count). The lowest BCUT2D eigenvalue weighted by molar-refractivity contribution is 0.183. The summed E-state index contributed by atoms with van der Waals surface area (Å²) < 4.78 is 2.16. The van der Waals surface area contributed by atoms with E-state index in [4.69, 9.17) is 4.98 Å². The van der Waals surface area contributed by atoms with E-state index in [-0.39, 0.29) is 0 Å². The minimum Gasteiger partial charge on any atom is -0.317 e. The Hall–Kier alpha value is -0.870. The number of nitrogens with one attached hydrogen (secondary N) is 1. The second-order valence-corrected chi connectivity index (χ2v) is 7.15. The van der Waals surface area contributed by atoms with Gasteiger partial charge in [-0.15, -0.1) is 11.3 Å². The van der Waals surface area contributed by atoms with E-state index in [1.807, 2.05) is 0 Å². The Morgan fingerprint density at radius 1 is 1.40 bits per heavy atom. The number of hydrogen-bond donors (Lipinski definition) is 1. The molecule has 2 aromatic rings.